The number of pyridine rings is 2. The monoisotopic (exact) mass is 790 g/mol. The highest BCUT2D eigenvalue weighted by molar-refractivity contribution is 9.10. The molecule has 0 spiro atoms. The number of aliphatic hydroxyl groups excluding tert-OH is 1. The van der Waals surface area contributed by atoms with Crippen molar-refractivity contribution in [2.75, 3.05) is 78.7 Å². The van der Waals surface area contributed by atoms with Gasteiger partial charge in [-0.1, -0.05) is 88.1 Å². The third-order valence-electron chi connectivity index (χ3n) is 8.19. The summed E-state index contributed by atoms with van der Waals surface area (Å²) in [5.74, 6) is 0.0764. The van der Waals surface area contributed by atoms with Gasteiger partial charge in [0.25, 0.3) is 0 Å². The number of carbonyl (C=O) groups is 2. The molecule has 0 saturated carbocycles. The van der Waals surface area contributed by atoms with E-state index in [4.69, 9.17) is 27.2 Å². The minimum Gasteiger partial charge on any atom is -0.476 e. The Labute approximate surface area is 320 Å². The maximum atomic E-state index is 12.2. The van der Waals surface area contributed by atoms with E-state index < -0.39 is 5.95 Å². The van der Waals surface area contributed by atoms with Crippen LogP contribution in [0.3, 0.4) is 0 Å². The van der Waals surface area contributed by atoms with Crippen molar-refractivity contribution >= 4 is 41.4 Å². The van der Waals surface area contributed by atoms with Crippen molar-refractivity contribution in [3.05, 3.63) is 119 Å². The highest BCUT2D eigenvalue weighted by atomic mass is 79.9. The molecule has 0 unspecified atom stereocenters. The van der Waals surface area contributed by atoms with Crippen molar-refractivity contribution in [3.8, 4) is 5.88 Å². The zero-order valence-electron chi connectivity index (χ0n) is 29.6. The van der Waals surface area contributed by atoms with Crippen LogP contribution in [0.4, 0.5) is 14.0 Å². The maximum Gasteiger partial charge on any atom is 0.410 e. The molecule has 4 aromatic rings. The van der Waals surface area contributed by atoms with Crippen molar-refractivity contribution in [2.24, 2.45) is 0 Å². The number of aromatic nitrogens is 2. The van der Waals surface area contributed by atoms with E-state index in [0.717, 1.165) is 48.3 Å². The molecule has 2 aliphatic rings. The van der Waals surface area contributed by atoms with E-state index in [9.17, 15) is 14.0 Å². The summed E-state index contributed by atoms with van der Waals surface area (Å²) < 4.78 is 29.3. The lowest BCUT2D eigenvalue weighted by atomic mass is 9.98. The van der Waals surface area contributed by atoms with Crippen LogP contribution in [-0.2, 0) is 22.7 Å². The number of benzene rings is 2. The Morgan fingerprint density at radius 2 is 1.23 bits per heavy atom. The molecule has 2 amide bonds. The predicted molar refractivity (Wildman–Crippen MR) is 203 cm³/mol. The van der Waals surface area contributed by atoms with Gasteiger partial charge in [-0.25, -0.2) is 19.6 Å². The molecule has 280 valence electrons. The first kappa shape index (κ1) is 41.2. The second-order valence-electron chi connectivity index (χ2n) is 12.0. The fourth-order valence-electron chi connectivity index (χ4n) is 5.23. The molecular weight excluding hydrogens is 746 g/mol. The van der Waals surface area contributed by atoms with Crippen molar-refractivity contribution in [1.29, 1.82) is 0 Å². The van der Waals surface area contributed by atoms with Gasteiger partial charge in [-0.15, -0.1) is 0 Å². The summed E-state index contributed by atoms with van der Waals surface area (Å²) in [6, 6.07) is 25.8. The normalized spacial score (nSPS) is 14.5. The number of nitrogens with zero attached hydrogens (tertiary/aromatic N) is 6. The molecule has 53 heavy (non-hydrogen) atoms. The van der Waals surface area contributed by atoms with Gasteiger partial charge in [-0.05, 0) is 23.3 Å². The predicted octanol–water partition coefficient (Wildman–Crippen LogP) is 4.12. The molecule has 2 aromatic carbocycles. The smallest absolute Gasteiger partial charge is 0.410 e. The van der Waals surface area contributed by atoms with Gasteiger partial charge in [0.15, 0.2) is 0 Å². The van der Waals surface area contributed by atoms with Crippen molar-refractivity contribution in [3.63, 3.8) is 0 Å². The molecule has 0 atom stereocenters. The Balaban J connectivity index is 0.000000202. The van der Waals surface area contributed by atoms with Crippen molar-refractivity contribution in [2.45, 2.75) is 13.2 Å². The average molecular weight is 792 g/mol. The SMILES string of the molecule is O=C(OCc1ccccc1)N1CCN(CCO)CC1.O=C(OCc1ccccc1)N1CCN(CCOc2cc(Br)ccn2)CC1.[B]c1ccnc(F)c1. The van der Waals surface area contributed by atoms with Gasteiger partial charge in [-0.3, -0.25) is 9.80 Å². The number of ether oxygens (including phenoxy) is 3. The van der Waals surface area contributed by atoms with Crippen LogP contribution in [0.2, 0.25) is 0 Å². The van der Waals surface area contributed by atoms with Gasteiger partial charge < -0.3 is 29.1 Å². The van der Waals surface area contributed by atoms with E-state index in [1.165, 1.54) is 18.3 Å². The largest absolute Gasteiger partial charge is 0.476 e. The number of piperazine rings is 2. The van der Waals surface area contributed by atoms with Gasteiger partial charge >= 0.3 is 12.2 Å². The third-order valence-corrected chi connectivity index (χ3v) is 8.69. The quantitative estimate of drug-likeness (QED) is 0.186. The van der Waals surface area contributed by atoms with E-state index in [-0.39, 0.29) is 18.8 Å². The van der Waals surface area contributed by atoms with E-state index >= 15 is 0 Å². The lowest BCUT2D eigenvalue weighted by molar-refractivity contribution is 0.0671. The number of aliphatic hydroxyl groups is 1. The van der Waals surface area contributed by atoms with Crippen LogP contribution in [0, 0.1) is 5.95 Å². The number of amides is 2. The summed E-state index contributed by atoms with van der Waals surface area (Å²) in [7, 11) is 5.18. The number of rotatable bonds is 10. The maximum absolute atomic E-state index is 12.2. The molecule has 1 N–H and O–H groups in total. The first-order valence-corrected chi connectivity index (χ1v) is 18.2. The van der Waals surface area contributed by atoms with Gasteiger partial charge in [0, 0.05) is 88.4 Å². The Kier molecular flexibility index (Phi) is 18.0. The molecule has 2 aliphatic heterocycles. The van der Waals surface area contributed by atoms with E-state index in [2.05, 4.69) is 35.7 Å². The fourth-order valence-corrected chi connectivity index (χ4v) is 5.55. The molecule has 6 rings (SSSR count). The summed E-state index contributed by atoms with van der Waals surface area (Å²) in [6.45, 7) is 8.72. The van der Waals surface area contributed by atoms with Crippen molar-refractivity contribution in [1.82, 2.24) is 29.6 Å². The molecule has 2 fully saturated rings. The molecule has 15 heteroatoms. The summed E-state index contributed by atoms with van der Waals surface area (Å²) in [4.78, 5) is 39.4. The standard InChI is InChI=1S/C19H22BrN3O3.C14H20N2O3.C5H3BFN/c20-17-6-7-21-18(14-17)25-13-12-22-8-10-23(11-9-22)19(24)26-15-16-4-2-1-3-5-16;17-11-10-15-6-8-16(9-7-15)14(18)19-12-13-4-2-1-3-5-13;6-4-1-2-8-5(7)3-4/h1-7,14H,8-13,15H2;1-5,17H,6-12H2;1-3H. The minimum absolute atomic E-state index is 0.165. The number of halogens is 2. The first-order valence-electron chi connectivity index (χ1n) is 17.4. The van der Waals surface area contributed by atoms with E-state index in [1.54, 1.807) is 16.0 Å². The van der Waals surface area contributed by atoms with Gasteiger partial charge in [0.1, 0.15) is 27.7 Å². The van der Waals surface area contributed by atoms with Crippen LogP contribution in [0.5, 0.6) is 5.88 Å². The zero-order chi connectivity index (χ0) is 37.7. The molecule has 12 nitrogen and oxygen atoms in total. The molecule has 4 heterocycles. The van der Waals surface area contributed by atoms with E-state index in [1.807, 2.05) is 72.8 Å². The van der Waals surface area contributed by atoms with Gasteiger partial charge in [0.2, 0.25) is 11.8 Å². The fraction of sp³-hybridized carbons (Fsp3) is 0.368. The van der Waals surface area contributed by atoms with Crippen molar-refractivity contribution < 1.29 is 33.3 Å². The third kappa shape index (κ3) is 15.9. The van der Waals surface area contributed by atoms with Crippen LogP contribution in [0.15, 0.2) is 102 Å². The number of hydrogen-bond acceptors (Lipinski definition) is 10. The summed E-state index contributed by atoms with van der Waals surface area (Å²) >= 11 is 3.40. The summed E-state index contributed by atoms with van der Waals surface area (Å²) in [6.07, 6.45) is 2.53. The second-order valence-corrected chi connectivity index (χ2v) is 12.9. The Morgan fingerprint density at radius 1 is 0.717 bits per heavy atom. The van der Waals surface area contributed by atoms with Crippen LogP contribution in [0.25, 0.3) is 0 Å². The zero-order valence-corrected chi connectivity index (χ0v) is 31.2. The lowest BCUT2D eigenvalue weighted by Crippen LogP contribution is -2.49. The highest BCUT2D eigenvalue weighted by Gasteiger charge is 2.23. The van der Waals surface area contributed by atoms with Crippen LogP contribution in [-0.4, -0.2) is 133 Å². The summed E-state index contributed by atoms with van der Waals surface area (Å²) in [5.41, 5.74) is 2.39. The molecule has 2 radical (unpaired) electrons. The van der Waals surface area contributed by atoms with Crippen LogP contribution in [0.1, 0.15) is 11.1 Å². The molecule has 0 aliphatic carbocycles. The lowest BCUT2D eigenvalue weighted by Gasteiger charge is -2.33. The van der Waals surface area contributed by atoms with Crippen LogP contribution >= 0.6 is 15.9 Å². The molecule has 0 bridgehead atoms. The van der Waals surface area contributed by atoms with E-state index in [0.29, 0.717) is 63.9 Å². The first-order chi connectivity index (χ1) is 25.8. The number of hydrogen-bond donors (Lipinski definition) is 1. The average Bonchev–Trinajstić information content (AvgIpc) is 3.18. The number of β-amino-alcohol motifs (C(OH)–C–C–N with tert-alkyl or cyclic N) is 1. The number of carbonyl (C=O) groups excluding carboxylic acids is 2. The Bertz CT molecular complexity index is 1630. The summed E-state index contributed by atoms with van der Waals surface area (Å²) in [5, 5.41) is 8.86. The highest BCUT2D eigenvalue weighted by Crippen LogP contribution is 2.15. The Morgan fingerprint density at radius 3 is 1.68 bits per heavy atom. The van der Waals surface area contributed by atoms with Gasteiger partial charge in [0.05, 0.1) is 6.61 Å². The van der Waals surface area contributed by atoms with Gasteiger partial charge in [-0.2, -0.15) is 4.39 Å². The topological polar surface area (TPSA) is 121 Å². The minimum atomic E-state index is -0.537. The molecule has 2 aromatic heterocycles. The van der Waals surface area contributed by atoms with Crippen LogP contribution < -0.4 is 10.2 Å². The molecule has 2 saturated heterocycles. The Hall–Kier alpha value is -4.57. The molecular formula is C38H45BBrFN6O6. The second kappa shape index (κ2) is 23.2.